The minimum absolute atomic E-state index is 0.0442. The highest BCUT2D eigenvalue weighted by Gasteiger charge is 2.22. The summed E-state index contributed by atoms with van der Waals surface area (Å²) in [6, 6.07) is 9.25. The van der Waals surface area contributed by atoms with Gasteiger partial charge in [-0.3, -0.25) is 14.5 Å². The lowest BCUT2D eigenvalue weighted by Crippen LogP contribution is -2.41. The smallest absolute Gasteiger partial charge is 0.283 e. The van der Waals surface area contributed by atoms with E-state index < -0.39 is 11.8 Å². The number of nitrogens with zero attached hydrogens (tertiary/aromatic N) is 2. The molecule has 3 rings (SSSR count). The summed E-state index contributed by atoms with van der Waals surface area (Å²) < 4.78 is 35.7. The number of carbonyl (C=O) groups excluding carboxylic acids is 2. The summed E-state index contributed by atoms with van der Waals surface area (Å²) >= 11 is 0. The summed E-state index contributed by atoms with van der Waals surface area (Å²) in [5.74, 6) is -0.383. The van der Waals surface area contributed by atoms with Crippen molar-refractivity contribution in [1.82, 2.24) is 10.0 Å². The third-order valence-corrected chi connectivity index (χ3v) is 5.27. The maximum Gasteiger partial charge on any atom is 0.283 e. The number of hydrogen-bond acceptors (Lipinski definition) is 7. The number of nitrogens with one attached hydrogen (secondary N) is 1. The molecule has 0 atom stereocenters. The number of halogens is 1. The standard InChI is InChI=1S/C23H28FN3O6/c1-30-19-14-16(15-20(31-2)21(19)32-3)22(28)25-18-7-5-4-6-17(18)23(29)27(24)9-8-26-10-12-33-13-11-26/h4-7,14-15H,8-13H2,1-3H3,(H,25,28). The quantitative estimate of drug-likeness (QED) is 0.574. The van der Waals surface area contributed by atoms with Gasteiger partial charge < -0.3 is 24.3 Å². The van der Waals surface area contributed by atoms with Gasteiger partial charge in [0.15, 0.2) is 11.5 Å². The van der Waals surface area contributed by atoms with E-state index in [2.05, 4.69) is 5.32 Å². The minimum atomic E-state index is -0.830. The summed E-state index contributed by atoms with van der Waals surface area (Å²) in [7, 11) is 4.35. The van der Waals surface area contributed by atoms with Gasteiger partial charge in [-0.05, 0) is 24.3 Å². The Hall–Kier alpha value is -3.37. The van der Waals surface area contributed by atoms with E-state index in [1.807, 2.05) is 4.90 Å². The Kier molecular flexibility index (Phi) is 8.45. The van der Waals surface area contributed by atoms with Crippen molar-refractivity contribution < 1.29 is 33.0 Å². The highest BCUT2D eigenvalue weighted by molar-refractivity contribution is 6.09. The predicted molar refractivity (Wildman–Crippen MR) is 120 cm³/mol. The second-order valence-corrected chi connectivity index (χ2v) is 7.26. The van der Waals surface area contributed by atoms with E-state index >= 15 is 0 Å². The van der Waals surface area contributed by atoms with Crippen LogP contribution in [-0.4, -0.2) is 82.6 Å². The highest BCUT2D eigenvalue weighted by Crippen LogP contribution is 2.38. The molecule has 178 valence electrons. The van der Waals surface area contributed by atoms with Crippen molar-refractivity contribution in [2.24, 2.45) is 0 Å². The lowest BCUT2D eigenvalue weighted by molar-refractivity contribution is 0.000195. The number of methoxy groups -OCH3 is 3. The predicted octanol–water partition coefficient (Wildman–Crippen LogP) is 2.62. The maximum absolute atomic E-state index is 14.6. The largest absolute Gasteiger partial charge is 0.493 e. The summed E-state index contributed by atoms with van der Waals surface area (Å²) in [6.07, 6.45) is 0. The first-order valence-electron chi connectivity index (χ1n) is 10.5. The Labute approximate surface area is 191 Å². The molecule has 0 aliphatic carbocycles. The second kappa shape index (κ2) is 11.5. The molecule has 0 spiro atoms. The van der Waals surface area contributed by atoms with Crippen LogP contribution in [0.5, 0.6) is 17.2 Å². The van der Waals surface area contributed by atoms with Crippen LogP contribution in [0.2, 0.25) is 0 Å². The number of para-hydroxylation sites is 1. The number of morpholine rings is 1. The number of amides is 2. The average molecular weight is 461 g/mol. The van der Waals surface area contributed by atoms with E-state index in [4.69, 9.17) is 18.9 Å². The van der Waals surface area contributed by atoms with Gasteiger partial charge in [-0.15, -0.1) is 0 Å². The molecule has 10 heteroatoms. The Morgan fingerprint density at radius 1 is 1.06 bits per heavy atom. The molecular formula is C23H28FN3O6. The van der Waals surface area contributed by atoms with Gasteiger partial charge in [0.25, 0.3) is 11.8 Å². The second-order valence-electron chi connectivity index (χ2n) is 7.26. The van der Waals surface area contributed by atoms with Gasteiger partial charge in [0.1, 0.15) is 0 Å². The molecule has 2 amide bonds. The first-order chi connectivity index (χ1) is 16.0. The number of carbonyl (C=O) groups is 2. The molecule has 0 aromatic heterocycles. The molecule has 0 saturated carbocycles. The molecule has 1 saturated heterocycles. The van der Waals surface area contributed by atoms with Crippen LogP contribution in [-0.2, 0) is 4.74 Å². The Morgan fingerprint density at radius 2 is 1.70 bits per heavy atom. The summed E-state index contributed by atoms with van der Waals surface area (Å²) in [4.78, 5) is 27.7. The van der Waals surface area contributed by atoms with E-state index in [1.54, 1.807) is 18.2 Å². The van der Waals surface area contributed by atoms with Crippen LogP contribution < -0.4 is 19.5 Å². The molecule has 0 radical (unpaired) electrons. The molecule has 0 bridgehead atoms. The van der Waals surface area contributed by atoms with Gasteiger partial charge in [0.05, 0.1) is 52.3 Å². The molecule has 1 aliphatic rings. The van der Waals surface area contributed by atoms with Gasteiger partial charge in [0, 0.05) is 25.2 Å². The summed E-state index contributed by atoms with van der Waals surface area (Å²) in [5, 5.41) is 2.84. The van der Waals surface area contributed by atoms with Crippen LogP contribution in [0.3, 0.4) is 0 Å². The molecule has 1 heterocycles. The Bertz CT molecular complexity index is 955. The number of ether oxygens (including phenoxy) is 4. The van der Waals surface area contributed by atoms with Crippen molar-refractivity contribution in [3.8, 4) is 17.2 Å². The zero-order chi connectivity index (χ0) is 23.8. The van der Waals surface area contributed by atoms with Gasteiger partial charge in [-0.2, -0.15) is 5.12 Å². The molecular weight excluding hydrogens is 433 g/mol. The third kappa shape index (κ3) is 5.91. The fourth-order valence-corrected chi connectivity index (χ4v) is 3.47. The normalized spacial score (nSPS) is 13.8. The van der Waals surface area contributed by atoms with Crippen LogP contribution in [0, 0.1) is 0 Å². The number of rotatable bonds is 9. The summed E-state index contributed by atoms with van der Waals surface area (Å²) in [6.45, 7) is 2.89. The molecule has 1 fully saturated rings. The van der Waals surface area contributed by atoms with E-state index in [0.717, 1.165) is 0 Å². The van der Waals surface area contributed by atoms with Gasteiger partial charge in [-0.25, -0.2) is 0 Å². The van der Waals surface area contributed by atoms with E-state index in [1.165, 1.54) is 39.5 Å². The number of benzene rings is 2. The van der Waals surface area contributed by atoms with Crippen LogP contribution in [0.1, 0.15) is 20.7 Å². The van der Waals surface area contributed by atoms with E-state index in [-0.39, 0.29) is 28.5 Å². The lowest BCUT2D eigenvalue weighted by Gasteiger charge is -2.27. The molecule has 0 unspecified atom stereocenters. The van der Waals surface area contributed by atoms with Crippen molar-refractivity contribution >= 4 is 17.5 Å². The Balaban J connectivity index is 1.74. The molecule has 2 aromatic carbocycles. The molecule has 2 aromatic rings. The van der Waals surface area contributed by atoms with Crippen molar-refractivity contribution in [3.63, 3.8) is 0 Å². The van der Waals surface area contributed by atoms with Crippen molar-refractivity contribution in [2.45, 2.75) is 0 Å². The first kappa shape index (κ1) is 24.3. The maximum atomic E-state index is 14.6. The summed E-state index contributed by atoms with van der Waals surface area (Å²) in [5.41, 5.74) is 0.453. The molecule has 9 nitrogen and oxygen atoms in total. The van der Waals surface area contributed by atoms with Crippen molar-refractivity contribution in [2.75, 3.05) is 66.0 Å². The van der Waals surface area contributed by atoms with Crippen LogP contribution >= 0.6 is 0 Å². The van der Waals surface area contributed by atoms with Crippen LogP contribution in [0.4, 0.5) is 10.2 Å². The van der Waals surface area contributed by atoms with Gasteiger partial charge in [-0.1, -0.05) is 16.6 Å². The van der Waals surface area contributed by atoms with Gasteiger partial charge >= 0.3 is 0 Å². The Morgan fingerprint density at radius 3 is 2.30 bits per heavy atom. The zero-order valence-corrected chi connectivity index (χ0v) is 18.9. The van der Waals surface area contributed by atoms with Crippen molar-refractivity contribution in [1.29, 1.82) is 0 Å². The third-order valence-electron chi connectivity index (χ3n) is 5.27. The first-order valence-corrected chi connectivity index (χ1v) is 10.5. The number of anilines is 1. The van der Waals surface area contributed by atoms with Crippen molar-refractivity contribution in [3.05, 3.63) is 47.5 Å². The van der Waals surface area contributed by atoms with E-state index in [9.17, 15) is 14.1 Å². The monoisotopic (exact) mass is 461 g/mol. The number of hydrogen-bond donors (Lipinski definition) is 1. The average Bonchev–Trinajstić information content (AvgIpc) is 2.86. The van der Waals surface area contributed by atoms with Crippen LogP contribution in [0.15, 0.2) is 36.4 Å². The van der Waals surface area contributed by atoms with E-state index in [0.29, 0.717) is 50.1 Å². The molecule has 1 N–H and O–H groups in total. The minimum Gasteiger partial charge on any atom is -0.493 e. The van der Waals surface area contributed by atoms with Crippen LogP contribution in [0.25, 0.3) is 0 Å². The van der Waals surface area contributed by atoms with Gasteiger partial charge in [0.2, 0.25) is 5.75 Å². The fraction of sp³-hybridized carbons (Fsp3) is 0.391. The molecule has 33 heavy (non-hydrogen) atoms. The SMILES string of the molecule is COc1cc(C(=O)Nc2ccccc2C(=O)N(F)CCN2CCOCC2)cc(OC)c1OC. The molecule has 1 aliphatic heterocycles. The highest BCUT2D eigenvalue weighted by atomic mass is 19.2. The lowest BCUT2D eigenvalue weighted by atomic mass is 10.1. The fourth-order valence-electron chi connectivity index (χ4n) is 3.47. The zero-order valence-electron chi connectivity index (χ0n) is 18.9. The topological polar surface area (TPSA) is 89.6 Å².